The number of rotatable bonds is 4. The van der Waals surface area contributed by atoms with Gasteiger partial charge in [0.05, 0.1) is 6.10 Å². The van der Waals surface area contributed by atoms with Crippen molar-refractivity contribution in [2.24, 2.45) is 5.73 Å². The molecule has 3 rings (SSSR count). The third-order valence-electron chi connectivity index (χ3n) is 5.28. The predicted molar refractivity (Wildman–Crippen MR) is 109 cm³/mol. The van der Waals surface area contributed by atoms with E-state index in [1.54, 1.807) is 0 Å². The van der Waals surface area contributed by atoms with Gasteiger partial charge in [-0.1, -0.05) is 30.3 Å². The smallest absolute Gasteiger partial charge is 0.251 e. The molecule has 3 atom stereocenters. The molecule has 2 aliphatic heterocycles. The number of nitrogens with zero attached hydrogens (tertiary/aromatic N) is 2. The summed E-state index contributed by atoms with van der Waals surface area (Å²) in [6.07, 6.45) is 2.48. The maximum absolute atomic E-state index is 12.7. The van der Waals surface area contributed by atoms with Gasteiger partial charge in [0.25, 0.3) is 5.91 Å². The Kier molecular flexibility index (Phi) is 9.90. The number of benzene rings is 1. The monoisotopic (exact) mass is 403 g/mol. The van der Waals surface area contributed by atoms with E-state index in [1.165, 1.54) is 5.56 Å². The molecule has 0 aromatic heterocycles. The lowest BCUT2D eigenvalue weighted by Gasteiger charge is -2.26. The summed E-state index contributed by atoms with van der Waals surface area (Å²) in [5.74, 6) is 0.153. The summed E-state index contributed by atoms with van der Waals surface area (Å²) < 4.78 is 5.79. The Hall–Kier alpha value is -0.850. The normalized spacial score (nSPS) is 26.5. The first-order chi connectivity index (χ1) is 11.7. The van der Waals surface area contributed by atoms with E-state index >= 15 is 0 Å². The third-order valence-corrected chi connectivity index (χ3v) is 5.28. The van der Waals surface area contributed by atoms with E-state index in [4.69, 9.17) is 10.5 Å². The van der Waals surface area contributed by atoms with E-state index in [1.807, 2.05) is 11.0 Å². The topological polar surface area (TPSA) is 58.8 Å². The van der Waals surface area contributed by atoms with Crippen molar-refractivity contribution in [3.05, 3.63) is 35.9 Å². The highest BCUT2D eigenvalue weighted by Crippen LogP contribution is 2.22. The Morgan fingerprint density at radius 1 is 1.12 bits per heavy atom. The van der Waals surface area contributed by atoms with Crippen LogP contribution in [0.4, 0.5) is 0 Å². The summed E-state index contributed by atoms with van der Waals surface area (Å²) in [5, 5.41) is 0. The van der Waals surface area contributed by atoms with Gasteiger partial charge in [0.2, 0.25) is 0 Å². The highest BCUT2D eigenvalue weighted by atomic mass is 35.5. The number of carbonyl (C=O) groups excluding carboxylic acids is 1. The molecule has 1 amide bonds. The second kappa shape index (κ2) is 11.1. The second-order valence-electron chi connectivity index (χ2n) is 6.98. The van der Waals surface area contributed by atoms with Crippen molar-refractivity contribution >= 4 is 30.7 Å². The van der Waals surface area contributed by atoms with Crippen molar-refractivity contribution in [2.45, 2.75) is 51.0 Å². The van der Waals surface area contributed by atoms with Crippen LogP contribution in [0.1, 0.15) is 31.7 Å². The molecule has 1 aromatic rings. The summed E-state index contributed by atoms with van der Waals surface area (Å²) in [7, 11) is 0. The summed E-state index contributed by atoms with van der Waals surface area (Å²) in [4.78, 5) is 17.2. The fraction of sp³-hybridized carbons (Fsp3) is 0.632. The van der Waals surface area contributed by atoms with Crippen LogP contribution in [0.2, 0.25) is 0 Å². The minimum absolute atomic E-state index is 0. The summed E-state index contributed by atoms with van der Waals surface area (Å²) >= 11 is 0. The maximum atomic E-state index is 12.7. The molecule has 26 heavy (non-hydrogen) atoms. The van der Waals surface area contributed by atoms with Gasteiger partial charge in [0.1, 0.15) is 6.10 Å². The van der Waals surface area contributed by atoms with E-state index in [2.05, 4.69) is 36.1 Å². The number of ether oxygens (including phenoxy) is 1. The van der Waals surface area contributed by atoms with E-state index in [9.17, 15) is 4.79 Å². The van der Waals surface area contributed by atoms with Crippen LogP contribution in [0, 0.1) is 0 Å². The molecule has 2 fully saturated rings. The zero-order chi connectivity index (χ0) is 16.9. The van der Waals surface area contributed by atoms with Crippen molar-refractivity contribution in [3.63, 3.8) is 0 Å². The first kappa shape index (κ1) is 23.2. The van der Waals surface area contributed by atoms with Gasteiger partial charge < -0.3 is 15.4 Å². The van der Waals surface area contributed by atoms with Crippen molar-refractivity contribution in [1.82, 2.24) is 9.80 Å². The minimum atomic E-state index is -0.283. The Labute approximate surface area is 169 Å². The molecule has 0 aliphatic carbocycles. The van der Waals surface area contributed by atoms with Crippen LogP contribution in [0.15, 0.2) is 30.3 Å². The average Bonchev–Trinajstić information content (AvgIpc) is 3.02. The van der Waals surface area contributed by atoms with Crippen molar-refractivity contribution < 1.29 is 9.53 Å². The Morgan fingerprint density at radius 3 is 2.50 bits per heavy atom. The molecule has 2 saturated heterocycles. The Bertz CT molecular complexity index is 547. The second-order valence-corrected chi connectivity index (χ2v) is 6.98. The van der Waals surface area contributed by atoms with Crippen molar-refractivity contribution in [1.29, 1.82) is 0 Å². The van der Waals surface area contributed by atoms with E-state index in [-0.39, 0.29) is 42.9 Å². The highest BCUT2D eigenvalue weighted by Gasteiger charge is 2.34. The molecule has 2 aliphatic rings. The SMILES string of the molecule is CC1CCN(C(=O)[C@@H]2CC[C@H](CN)O2)CCN1Cc1ccccc1.Cl.Cl. The molecule has 148 valence electrons. The summed E-state index contributed by atoms with van der Waals surface area (Å²) in [5.41, 5.74) is 6.98. The zero-order valence-corrected chi connectivity index (χ0v) is 17.0. The van der Waals surface area contributed by atoms with Crippen LogP contribution in [-0.4, -0.2) is 60.1 Å². The van der Waals surface area contributed by atoms with Crippen LogP contribution in [0.3, 0.4) is 0 Å². The minimum Gasteiger partial charge on any atom is -0.364 e. The molecule has 5 nitrogen and oxygen atoms in total. The van der Waals surface area contributed by atoms with Crippen molar-refractivity contribution in [2.75, 3.05) is 26.2 Å². The molecule has 0 bridgehead atoms. The number of nitrogens with two attached hydrogens (primary N) is 1. The van der Waals surface area contributed by atoms with Gasteiger partial charge in [-0.25, -0.2) is 0 Å². The molecule has 0 saturated carbocycles. The first-order valence-electron chi connectivity index (χ1n) is 9.09. The molecule has 0 radical (unpaired) electrons. The fourth-order valence-electron chi connectivity index (χ4n) is 3.64. The van der Waals surface area contributed by atoms with E-state index in [0.29, 0.717) is 12.6 Å². The average molecular weight is 404 g/mol. The van der Waals surface area contributed by atoms with E-state index < -0.39 is 0 Å². The maximum Gasteiger partial charge on any atom is 0.251 e. The lowest BCUT2D eigenvalue weighted by atomic mass is 10.1. The molecule has 1 aromatic carbocycles. The molecule has 2 N–H and O–H groups in total. The van der Waals surface area contributed by atoms with Gasteiger partial charge in [-0.2, -0.15) is 0 Å². The van der Waals surface area contributed by atoms with Crippen LogP contribution >= 0.6 is 24.8 Å². The lowest BCUT2D eigenvalue weighted by molar-refractivity contribution is -0.142. The van der Waals surface area contributed by atoms with Gasteiger partial charge >= 0.3 is 0 Å². The molecule has 2 heterocycles. The first-order valence-corrected chi connectivity index (χ1v) is 9.09. The van der Waals surface area contributed by atoms with Crippen LogP contribution in [0.25, 0.3) is 0 Å². The van der Waals surface area contributed by atoms with Crippen LogP contribution in [0.5, 0.6) is 0 Å². The standard InChI is InChI=1S/C19H29N3O2.2ClH/c1-15-9-10-21(19(23)18-8-7-17(13-20)24-18)11-12-22(15)14-16-5-3-2-4-6-16;;/h2-6,15,17-18H,7-14,20H2,1H3;2*1H/t15?,17-,18+;;/m1../s1. The van der Waals surface area contributed by atoms with Gasteiger partial charge in [-0.15, -0.1) is 24.8 Å². The molecule has 1 unspecified atom stereocenters. The molecule has 0 spiro atoms. The molecular formula is C19H31Cl2N3O2. The van der Waals surface area contributed by atoms with E-state index in [0.717, 1.165) is 45.4 Å². The number of halogens is 2. The largest absolute Gasteiger partial charge is 0.364 e. The number of hydrogen-bond acceptors (Lipinski definition) is 4. The summed E-state index contributed by atoms with van der Waals surface area (Å²) in [6, 6.07) is 11.0. The quantitative estimate of drug-likeness (QED) is 0.838. The van der Waals surface area contributed by atoms with Gasteiger partial charge in [0.15, 0.2) is 0 Å². The highest BCUT2D eigenvalue weighted by molar-refractivity contribution is 5.85. The Balaban J connectivity index is 0.00000169. The van der Waals surface area contributed by atoms with Gasteiger partial charge in [-0.05, 0) is 31.7 Å². The third kappa shape index (κ3) is 5.83. The predicted octanol–water partition coefficient (Wildman–Crippen LogP) is 2.46. The number of carbonyl (C=O) groups is 1. The zero-order valence-electron chi connectivity index (χ0n) is 15.4. The molecule has 7 heteroatoms. The van der Waals surface area contributed by atoms with Crippen LogP contribution < -0.4 is 5.73 Å². The number of hydrogen-bond donors (Lipinski definition) is 1. The van der Waals surface area contributed by atoms with Gasteiger partial charge in [-0.3, -0.25) is 9.69 Å². The summed E-state index contributed by atoms with van der Waals surface area (Å²) in [6.45, 7) is 6.22. The number of amides is 1. The van der Waals surface area contributed by atoms with Crippen LogP contribution in [-0.2, 0) is 16.1 Å². The fourth-order valence-corrected chi connectivity index (χ4v) is 3.64. The Morgan fingerprint density at radius 2 is 1.85 bits per heavy atom. The molecular weight excluding hydrogens is 373 g/mol. The lowest BCUT2D eigenvalue weighted by Crippen LogP contribution is -2.41. The van der Waals surface area contributed by atoms with Gasteiger partial charge in [0, 0.05) is 38.8 Å². The van der Waals surface area contributed by atoms with Crippen molar-refractivity contribution in [3.8, 4) is 0 Å².